The Balaban J connectivity index is 1.66. The van der Waals surface area contributed by atoms with E-state index < -0.39 is 6.36 Å². The van der Waals surface area contributed by atoms with Gasteiger partial charge in [-0.15, -0.1) is 23.4 Å². The van der Waals surface area contributed by atoms with Crippen LogP contribution >= 0.6 is 11.8 Å². The molecule has 3 aromatic rings. The number of aromatic nitrogens is 3. The van der Waals surface area contributed by atoms with E-state index >= 15 is 0 Å². The maximum Gasteiger partial charge on any atom is 0.573 e. The molecule has 3 rings (SSSR count). The van der Waals surface area contributed by atoms with Crippen LogP contribution in [0.1, 0.15) is 11.3 Å². The quantitative estimate of drug-likeness (QED) is 0.617. The average molecular weight is 369 g/mol. The molecule has 5 nitrogen and oxygen atoms in total. The second-order valence-electron chi connectivity index (χ2n) is 5.24. The highest BCUT2D eigenvalue weighted by Crippen LogP contribution is 2.28. The van der Waals surface area contributed by atoms with Gasteiger partial charge in [-0.1, -0.05) is 23.9 Å². The first-order valence-electron chi connectivity index (χ1n) is 7.25. The lowest BCUT2D eigenvalue weighted by Crippen LogP contribution is -2.16. The van der Waals surface area contributed by atoms with Crippen LogP contribution in [0.5, 0.6) is 5.75 Å². The van der Waals surface area contributed by atoms with Crippen LogP contribution in [0.15, 0.2) is 46.2 Å². The summed E-state index contributed by atoms with van der Waals surface area (Å²) in [5, 5.41) is 9.03. The maximum atomic E-state index is 12.2. The van der Waals surface area contributed by atoms with E-state index in [4.69, 9.17) is 4.42 Å². The minimum atomic E-state index is -4.68. The number of rotatable bonds is 5. The summed E-state index contributed by atoms with van der Waals surface area (Å²) < 4.78 is 47.4. The molecule has 1 aromatic carbocycles. The monoisotopic (exact) mass is 369 g/mol. The molecule has 0 atom stereocenters. The molecule has 9 heteroatoms. The van der Waals surface area contributed by atoms with Crippen LogP contribution in [-0.2, 0) is 12.8 Å². The molecule has 0 radical (unpaired) electrons. The van der Waals surface area contributed by atoms with E-state index in [0.717, 1.165) is 16.9 Å². The number of ether oxygens (including phenoxy) is 1. The van der Waals surface area contributed by atoms with Gasteiger partial charge >= 0.3 is 6.36 Å². The first-order chi connectivity index (χ1) is 11.8. The molecular formula is C16H14F3N3O2S. The van der Waals surface area contributed by atoms with Gasteiger partial charge in [0.05, 0.1) is 11.8 Å². The van der Waals surface area contributed by atoms with Crippen LogP contribution in [0.4, 0.5) is 13.2 Å². The van der Waals surface area contributed by atoms with Crippen LogP contribution < -0.4 is 4.74 Å². The maximum absolute atomic E-state index is 12.2. The summed E-state index contributed by atoms with van der Waals surface area (Å²) in [7, 11) is 1.85. The van der Waals surface area contributed by atoms with Crippen molar-refractivity contribution < 1.29 is 22.3 Å². The first kappa shape index (κ1) is 17.4. The molecule has 0 amide bonds. The predicted octanol–water partition coefficient (Wildman–Crippen LogP) is 4.57. The van der Waals surface area contributed by atoms with Crippen LogP contribution in [0.2, 0.25) is 0 Å². The van der Waals surface area contributed by atoms with Crippen LogP contribution in [0.25, 0.3) is 11.4 Å². The van der Waals surface area contributed by atoms with Gasteiger partial charge in [-0.25, -0.2) is 0 Å². The van der Waals surface area contributed by atoms with E-state index in [-0.39, 0.29) is 5.75 Å². The van der Waals surface area contributed by atoms with Crippen molar-refractivity contribution in [3.63, 3.8) is 0 Å². The van der Waals surface area contributed by atoms with Crippen molar-refractivity contribution in [3.8, 4) is 17.1 Å². The fourth-order valence-corrected chi connectivity index (χ4v) is 3.09. The highest BCUT2D eigenvalue weighted by Gasteiger charge is 2.30. The number of benzene rings is 1. The molecule has 0 saturated heterocycles. The average Bonchev–Trinajstić information content (AvgIpc) is 3.11. The summed E-state index contributed by atoms with van der Waals surface area (Å²) in [6, 6.07) is 7.59. The molecular weight excluding hydrogens is 355 g/mol. The minimum absolute atomic E-state index is 0.238. The largest absolute Gasteiger partial charge is 0.573 e. The van der Waals surface area contributed by atoms with Crippen molar-refractivity contribution in [2.24, 2.45) is 7.05 Å². The molecule has 0 aliphatic rings. The highest BCUT2D eigenvalue weighted by atomic mass is 32.2. The molecule has 0 saturated carbocycles. The van der Waals surface area contributed by atoms with Gasteiger partial charge in [-0.3, -0.25) is 0 Å². The fraction of sp³-hybridized carbons (Fsp3) is 0.250. The third-order valence-electron chi connectivity index (χ3n) is 3.46. The summed E-state index contributed by atoms with van der Waals surface area (Å²) in [5.74, 6) is 1.76. The second-order valence-corrected chi connectivity index (χ2v) is 6.18. The van der Waals surface area contributed by atoms with Gasteiger partial charge < -0.3 is 13.7 Å². The Labute approximate surface area is 145 Å². The summed E-state index contributed by atoms with van der Waals surface area (Å²) in [6.07, 6.45) is -3.09. The molecule has 0 N–H and O–H groups in total. The normalized spacial score (nSPS) is 11.7. The summed E-state index contributed by atoms with van der Waals surface area (Å²) >= 11 is 1.44. The second kappa shape index (κ2) is 6.83. The van der Waals surface area contributed by atoms with Gasteiger partial charge in [-0.05, 0) is 30.7 Å². The topological polar surface area (TPSA) is 53.1 Å². The van der Waals surface area contributed by atoms with E-state index in [2.05, 4.69) is 14.9 Å². The van der Waals surface area contributed by atoms with E-state index in [1.807, 2.05) is 24.6 Å². The molecule has 0 unspecified atom stereocenters. The predicted molar refractivity (Wildman–Crippen MR) is 86.1 cm³/mol. The number of aryl methyl sites for hydroxylation is 1. The standard InChI is InChI=1S/C16H14F3N3O2S/c1-10-13(7-8-23-10)14-20-21-15(22(14)2)25-9-11-3-5-12(6-4-11)24-16(17,18)19/h3-8H,9H2,1-2H3. The highest BCUT2D eigenvalue weighted by molar-refractivity contribution is 7.98. The Kier molecular flexibility index (Phi) is 4.76. The van der Waals surface area contributed by atoms with Gasteiger partial charge in [-0.2, -0.15) is 0 Å². The lowest BCUT2D eigenvalue weighted by molar-refractivity contribution is -0.274. The smallest absolute Gasteiger partial charge is 0.469 e. The first-order valence-corrected chi connectivity index (χ1v) is 8.23. The van der Waals surface area contributed by atoms with Gasteiger partial charge in [0.25, 0.3) is 0 Å². The molecule has 25 heavy (non-hydrogen) atoms. The van der Waals surface area contributed by atoms with Gasteiger partial charge in [0.1, 0.15) is 11.5 Å². The van der Waals surface area contributed by atoms with Crippen molar-refractivity contribution in [3.05, 3.63) is 47.9 Å². The molecule has 0 aliphatic heterocycles. The number of alkyl halides is 3. The van der Waals surface area contributed by atoms with Crippen LogP contribution in [0, 0.1) is 6.92 Å². The molecule has 0 fully saturated rings. The number of thioether (sulfide) groups is 1. The molecule has 132 valence electrons. The Morgan fingerprint density at radius 1 is 1.16 bits per heavy atom. The zero-order chi connectivity index (χ0) is 18.0. The van der Waals surface area contributed by atoms with Crippen LogP contribution in [-0.4, -0.2) is 21.1 Å². The Morgan fingerprint density at radius 3 is 2.48 bits per heavy atom. The van der Waals surface area contributed by atoms with Crippen molar-refractivity contribution in [2.75, 3.05) is 0 Å². The number of hydrogen-bond acceptors (Lipinski definition) is 5. The van der Waals surface area contributed by atoms with E-state index in [0.29, 0.717) is 16.7 Å². The third-order valence-corrected chi connectivity index (χ3v) is 4.55. The summed E-state index contributed by atoms with van der Waals surface area (Å²) in [4.78, 5) is 0. The molecule has 2 heterocycles. The van der Waals surface area contributed by atoms with E-state index in [1.165, 1.54) is 23.9 Å². The van der Waals surface area contributed by atoms with E-state index in [9.17, 15) is 13.2 Å². The Hall–Kier alpha value is -2.42. The van der Waals surface area contributed by atoms with Crippen LogP contribution in [0.3, 0.4) is 0 Å². The fourth-order valence-electron chi connectivity index (χ4n) is 2.23. The lowest BCUT2D eigenvalue weighted by atomic mass is 10.2. The Morgan fingerprint density at radius 2 is 1.88 bits per heavy atom. The molecule has 0 bridgehead atoms. The van der Waals surface area contributed by atoms with E-state index in [1.54, 1.807) is 18.4 Å². The van der Waals surface area contributed by atoms with Crippen molar-refractivity contribution >= 4 is 11.8 Å². The molecule has 2 aromatic heterocycles. The van der Waals surface area contributed by atoms with Gasteiger partial charge in [0, 0.05) is 12.8 Å². The lowest BCUT2D eigenvalue weighted by Gasteiger charge is -2.09. The molecule has 0 aliphatic carbocycles. The zero-order valence-electron chi connectivity index (χ0n) is 13.4. The zero-order valence-corrected chi connectivity index (χ0v) is 14.2. The Bertz CT molecular complexity index is 856. The third kappa shape index (κ3) is 4.16. The van der Waals surface area contributed by atoms with Gasteiger partial charge in [0.15, 0.2) is 11.0 Å². The SMILES string of the molecule is Cc1occc1-c1nnc(SCc2ccc(OC(F)(F)F)cc2)n1C. The van der Waals surface area contributed by atoms with Crippen molar-refractivity contribution in [1.29, 1.82) is 0 Å². The van der Waals surface area contributed by atoms with Crippen molar-refractivity contribution in [2.45, 2.75) is 24.2 Å². The molecule has 0 spiro atoms. The van der Waals surface area contributed by atoms with Gasteiger partial charge in [0.2, 0.25) is 0 Å². The number of hydrogen-bond donors (Lipinski definition) is 0. The minimum Gasteiger partial charge on any atom is -0.469 e. The summed E-state index contributed by atoms with van der Waals surface area (Å²) in [5.41, 5.74) is 1.72. The number of nitrogens with zero attached hydrogens (tertiary/aromatic N) is 3. The summed E-state index contributed by atoms with van der Waals surface area (Å²) in [6.45, 7) is 1.85. The number of halogens is 3. The number of furan rings is 1. The van der Waals surface area contributed by atoms with Crippen molar-refractivity contribution in [1.82, 2.24) is 14.8 Å².